The van der Waals surface area contributed by atoms with Crippen molar-refractivity contribution < 1.29 is 9.21 Å². The highest BCUT2D eigenvalue weighted by Crippen LogP contribution is 2.16. The van der Waals surface area contributed by atoms with Gasteiger partial charge in [0.25, 0.3) is 11.5 Å². The van der Waals surface area contributed by atoms with Crippen LogP contribution in [0.1, 0.15) is 40.7 Å². The average molecular weight is 342 g/mol. The average Bonchev–Trinajstić information content (AvgIpc) is 3.25. The Morgan fingerprint density at radius 3 is 2.72 bits per heavy atom. The van der Waals surface area contributed by atoms with Crippen molar-refractivity contribution in [2.45, 2.75) is 39.4 Å². The lowest BCUT2D eigenvalue weighted by Gasteiger charge is -2.29. The van der Waals surface area contributed by atoms with Crippen LogP contribution in [0.3, 0.4) is 0 Å². The van der Waals surface area contributed by atoms with E-state index in [9.17, 15) is 9.59 Å². The second-order valence-corrected chi connectivity index (χ2v) is 6.77. The molecule has 7 nitrogen and oxygen atoms in total. The molecule has 4 heterocycles. The molecule has 1 amide bonds. The third-order valence-electron chi connectivity index (χ3n) is 4.89. The van der Waals surface area contributed by atoms with Crippen LogP contribution in [-0.2, 0) is 19.6 Å². The Labute approximate surface area is 145 Å². The number of rotatable bonds is 3. The molecule has 2 aliphatic rings. The number of aryl methyl sites for hydroxylation is 1. The zero-order chi connectivity index (χ0) is 17.4. The second-order valence-electron chi connectivity index (χ2n) is 6.77. The largest absolute Gasteiger partial charge is 0.456 e. The van der Waals surface area contributed by atoms with Crippen molar-refractivity contribution >= 4 is 5.91 Å². The molecule has 0 bridgehead atoms. The van der Waals surface area contributed by atoms with E-state index < -0.39 is 0 Å². The van der Waals surface area contributed by atoms with Gasteiger partial charge in [0.15, 0.2) is 5.76 Å². The van der Waals surface area contributed by atoms with E-state index in [1.165, 1.54) is 12.8 Å². The van der Waals surface area contributed by atoms with Crippen molar-refractivity contribution in [1.29, 1.82) is 0 Å². The first kappa shape index (κ1) is 16.1. The molecule has 0 atom stereocenters. The van der Waals surface area contributed by atoms with Crippen LogP contribution >= 0.6 is 0 Å². The number of hydrogen-bond donors (Lipinski definition) is 0. The number of amides is 1. The molecule has 0 unspecified atom stereocenters. The van der Waals surface area contributed by atoms with E-state index in [-0.39, 0.29) is 11.5 Å². The van der Waals surface area contributed by atoms with E-state index in [1.54, 1.807) is 27.7 Å². The molecule has 2 aliphatic heterocycles. The SMILES string of the molecule is Cc1ccc(C(=O)N2CCn3c(nc(CN4CCCC4)cc3=O)C2)o1. The van der Waals surface area contributed by atoms with Crippen LogP contribution in [-0.4, -0.2) is 44.9 Å². The van der Waals surface area contributed by atoms with Gasteiger partial charge >= 0.3 is 0 Å². The molecule has 2 aromatic heterocycles. The molecular weight excluding hydrogens is 320 g/mol. The Morgan fingerprint density at radius 2 is 2.00 bits per heavy atom. The standard InChI is InChI=1S/C18H22N4O3/c1-13-4-5-15(25-13)18(24)21-8-9-22-16(12-21)19-14(10-17(22)23)11-20-6-2-3-7-20/h4-5,10H,2-3,6-9,11-12H2,1H3. The van der Waals surface area contributed by atoms with Crippen molar-refractivity contribution in [3.05, 3.63) is 51.6 Å². The highest BCUT2D eigenvalue weighted by molar-refractivity contribution is 5.91. The second kappa shape index (κ2) is 6.48. The lowest BCUT2D eigenvalue weighted by Crippen LogP contribution is -2.43. The van der Waals surface area contributed by atoms with Gasteiger partial charge in [-0.15, -0.1) is 0 Å². The van der Waals surface area contributed by atoms with Crippen molar-refractivity contribution in [2.24, 2.45) is 0 Å². The molecule has 0 spiro atoms. The maximum atomic E-state index is 12.6. The van der Waals surface area contributed by atoms with Crippen LogP contribution in [0.4, 0.5) is 0 Å². The van der Waals surface area contributed by atoms with Gasteiger partial charge in [-0.25, -0.2) is 4.98 Å². The zero-order valence-electron chi connectivity index (χ0n) is 14.4. The molecule has 1 fully saturated rings. The fourth-order valence-corrected chi connectivity index (χ4v) is 3.57. The van der Waals surface area contributed by atoms with Gasteiger partial charge in [0.05, 0.1) is 12.2 Å². The maximum absolute atomic E-state index is 12.6. The summed E-state index contributed by atoms with van der Waals surface area (Å²) in [5.41, 5.74) is 0.765. The third kappa shape index (κ3) is 3.24. The molecule has 2 aromatic rings. The summed E-state index contributed by atoms with van der Waals surface area (Å²) in [4.78, 5) is 33.6. The maximum Gasteiger partial charge on any atom is 0.290 e. The van der Waals surface area contributed by atoms with Gasteiger partial charge in [0.1, 0.15) is 11.6 Å². The lowest BCUT2D eigenvalue weighted by atomic mass is 10.2. The molecule has 7 heteroatoms. The Bertz CT molecular complexity index is 848. The fraction of sp³-hybridized carbons (Fsp3) is 0.500. The normalized spacial score (nSPS) is 17.7. The van der Waals surface area contributed by atoms with Crippen LogP contribution in [0.2, 0.25) is 0 Å². The first-order valence-corrected chi connectivity index (χ1v) is 8.78. The number of aromatic nitrogens is 2. The first-order chi connectivity index (χ1) is 12.1. The van der Waals surface area contributed by atoms with Crippen LogP contribution in [0.5, 0.6) is 0 Å². The van der Waals surface area contributed by atoms with Crippen LogP contribution in [0.15, 0.2) is 27.4 Å². The molecule has 0 N–H and O–H groups in total. The predicted molar refractivity (Wildman–Crippen MR) is 91.2 cm³/mol. The molecule has 132 valence electrons. The summed E-state index contributed by atoms with van der Waals surface area (Å²) in [6, 6.07) is 5.10. The number of nitrogens with zero attached hydrogens (tertiary/aromatic N) is 4. The number of hydrogen-bond acceptors (Lipinski definition) is 5. The van der Waals surface area contributed by atoms with Gasteiger partial charge in [-0.05, 0) is 45.0 Å². The summed E-state index contributed by atoms with van der Waals surface area (Å²) < 4.78 is 7.11. The van der Waals surface area contributed by atoms with Gasteiger partial charge in [0.2, 0.25) is 0 Å². The van der Waals surface area contributed by atoms with Crippen LogP contribution in [0, 0.1) is 6.92 Å². The van der Waals surface area contributed by atoms with E-state index in [1.807, 2.05) is 6.92 Å². The Kier molecular flexibility index (Phi) is 4.17. The number of carbonyl (C=O) groups excluding carboxylic acids is 1. The minimum Gasteiger partial charge on any atom is -0.456 e. The summed E-state index contributed by atoms with van der Waals surface area (Å²) in [5.74, 6) is 1.55. The molecule has 25 heavy (non-hydrogen) atoms. The molecule has 0 aliphatic carbocycles. The van der Waals surface area contributed by atoms with E-state index in [2.05, 4.69) is 9.88 Å². The minimum atomic E-state index is -0.154. The third-order valence-corrected chi connectivity index (χ3v) is 4.89. The summed E-state index contributed by atoms with van der Waals surface area (Å²) in [7, 11) is 0. The van der Waals surface area contributed by atoms with Crippen LogP contribution in [0.25, 0.3) is 0 Å². The molecule has 0 radical (unpaired) electrons. The van der Waals surface area contributed by atoms with E-state index in [0.717, 1.165) is 18.8 Å². The van der Waals surface area contributed by atoms with Gasteiger partial charge in [0, 0.05) is 25.7 Å². The van der Waals surface area contributed by atoms with Gasteiger partial charge in [-0.1, -0.05) is 0 Å². The Hall–Kier alpha value is -2.41. The lowest BCUT2D eigenvalue weighted by molar-refractivity contribution is 0.0669. The monoisotopic (exact) mass is 342 g/mol. The fourth-order valence-electron chi connectivity index (χ4n) is 3.57. The van der Waals surface area contributed by atoms with E-state index in [4.69, 9.17) is 4.42 Å². The van der Waals surface area contributed by atoms with Crippen molar-refractivity contribution in [1.82, 2.24) is 19.4 Å². The summed E-state index contributed by atoms with van der Waals surface area (Å²) in [5, 5.41) is 0. The smallest absolute Gasteiger partial charge is 0.290 e. The van der Waals surface area contributed by atoms with E-state index >= 15 is 0 Å². The summed E-state index contributed by atoms with van der Waals surface area (Å²) >= 11 is 0. The molecule has 0 saturated carbocycles. The van der Waals surface area contributed by atoms with Gasteiger partial charge < -0.3 is 9.32 Å². The Morgan fingerprint density at radius 1 is 1.20 bits per heavy atom. The summed E-state index contributed by atoms with van der Waals surface area (Å²) in [6.07, 6.45) is 2.41. The Balaban J connectivity index is 1.55. The number of carbonyl (C=O) groups is 1. The highest BCUT2D eigenvalue weighted by Gasteiger charge is 2.26. The van der Waals surface area contributed by atoms with Crippen LogP contribution < -0.4 is 5.56 Å². The predicted octanol–water partition coefficient (Wildman–Crippen LogP) is 1.40. The highest BCUT2D eigenvalue weighted by atomic mass is 16.3. The quantitative estimate of drug-likeness (QED) is 0.843. The van der Waals surface area contributed by atoms with Crippen molar-refractivity contribution in [2.75, 3.05) is 19.6 Å². The zero-order valence-corrected chi connectivity index (χ0v) is 14.4. The molecular formula is C18H22N4O3. The number of furan rings is 1. The van der Waals surface area contributed by atoms with E-state index in [0.29, 0.717) is 43.5 Å². The van der Waals surface area contributed by atoms with Gasteiger partial charge in [-0.2, -0.15) is 0 Å². The molecule has 1 saturated heterocycles. The minimum absolute atomic E-state index is 0.0276. The summed E-state index contributed by atoms with van der Waals surface area (Å²) in [6.45, 7) is 5.92. The molecule has 4 rings (SSSR count). The number of fused-ring (bicyclic) bond motifs is 1. The van der Waals surface area contributed by atoms with Gasteiger partial charge in [-0.3, -0.25) is 19.1 Å². The molecule has 0 aromatic carbocycles. The van der Waals surface area contributed by atoms with Crippen molar-refractivity contribution in [3.8, 4) is 0 Å². The number of likely N-dealkylation sites (tertiary alicyclic amines) is 1. The van der Waals surface area contributed by atoms with Crippen molar-refractivity contribution in [3.63, 3.8) is 0 Å². The first-order valence-electron chi connectivity index (χ1n) is 8.78. The topological polar surface area (TPSA) is 71.6 Å².